The van der Waals surface area contributed by atoms with Gasteiger partial charge in [-0.3, -0.25) is 0 Å². The molecule has 0 bridgehead atoms. The summed E-state index contributed by atoms with van der Waals surface area (Å²) in [6, 6.07) is 0. The predicted octanol–water partition coefficient (Wildman–Crippen LogP) is -4.91. The summed E-state index contributed by atoms with van der Waals surface area (Å²) >= 11 is 0. The summed E-state index contributed by atoms with van der Waals surface area (Å²) in [7, 11) is 0.468. The van der Waals surface area contributed by atoms with Crippen LogP contribution in [0.2, 0.25) is 0 Å². The zero-order valence-electron chi connectivity index (χ0n) is 18.5. The molecule has 3 rings (SSSR count). The molecule has 0 saturated carbocycles. The molecule has 0 aliphatic heterocycles. The van der Waals surface area contributed by atoms with Crippen molar-refractivity contribution >= 4 is 7.82 Å². The van der Waals surface area contributed by atoms with Crippen molar-refractivity contribution in [2.45, 2.75) is 19.6 Å². The Labute approximate surface area is 187 Å². The largest absolute Gasteiger partial charge is 0.822 e. The maximum atomic E-state index is 8.55. The molecule has 3 heterocycles. The number of hydrogen-bond acceptors (Lipinski definition) is 7. The highest BCUT2D eigenvalue weighted by Crippen LogP contribution is 2.03. The van der Waals surface area contributed by atoms with Crippen LogP contribution in [-0.4, -0.2) is 48.8 Å². The topological polar surface area (TPSA) is 173 Å². The molecule has 0 amide bonds. The number of aliphatic hydroxyl groups is 3. The first-order chi connectivity index (χ1) is 15.0. The number of phosphoric acid groups is 1. The van der Waals surface area contributed by atoms with Gasteiger partial charge in [0.2, 0.25) is 19.0 Å². The highest BCUT2D eigenvalue weighted by molar-refractivity contribution is 7.40. The van der Waals surface area contributed by atoms with Gasteiger partial charge in [-0.2, -0.15) is 7.82 Å². The van der Waals surface area contributed by atoms with Crippen LogP contribution in [0.15, 0.2) is 56.2 Å². The highest BCUT2D eigenvalue weighted by Gasteiger charge is 1.97. The van der Waals surface area contributed by atoms with Gasteiger partial charge in [0, 0.05) is 0 Å². The molecule has 0 atom stereocenters. The predicted molar refractivity (Wildman–Crippen MR) is 106 cm³/mol. The van der Waals surface area contributed by atoms with Gasteiger partial charge in [-0.05, 0) is 0 Å². The van der Waals surface area contributed by atoms with Crippen LogP contribution in [0.4, 0.5) is 0 Å². The Balaban J connectivity index is 0.000000410. The van der Waals surface area contributed by atoms with Crippen LogP contribution in [0.1, 0.15) is 0 Å². The Bertz CT molecular complexity index is 796. The SMILES string of the molecule is C[n+]1ccn(CCO)c1.C[n+]1ccn(CCO)c1.C[n+]1ccn(CCO)c1.O=P([O-])([O-])[O-]. The molecule has 0 spiro atoms. The van der Waals surface area contributed by atoms with E-state index in [-0.39, 0.29) is 19.8 Å². The standard InChI is InChI=1S/3C6H11N2O.H3O4P/c3*1-7-2-3-8(6-7)4-5-9;1-5(2,3)4/h3*2-3,6,9H,4-5H2,1H3;(H3,1,2,3,4)/q3*+1;/p-3. The van der Waals surface area contributed by atoms with E-state index >= 15 is 0 Å². The quantitative estimate of drug-likeness (QED) is 0.236. The number of rotatable bonds is 6. The molecular formula is C18H33N6O7P. The Morgan fingerprint density at radius 3 is 1.00 bits per heavy atom. The molecule has 3 N–H and O–H groups in total. The lowest BCUT2D eigenvalue weighted by atomic mass is 10.7. The first-order valence-corrected chi connectivity index (χ1v) is 11.0. The van der Waals surface area contributed by atoms with Crippen molar-refractivity contribution in [3.63, 3.8) is 0 Å². The number of imidazole rings is 3. The summed E-state index contributed by atoms with van der Waals surface area (Å²) in [4.78, 5) is 25.6. The van der Waals surface area contributed by atoms with Crippen molar-refractivity contribution in [1.82, 2.24) is 13.7 Å². The average Bonchev–Trinajstić information content (AvgIpc) is 3.39. The summed E-state index contributed by atoms with van der Waals surface area (Å²) in [5.74, 6) is 0. The van der Waals surface area contributed by atoms with Crippen molar-refractivity contribution in [1.29, 1.82) is 0 Å². The van der Waals surface area contributed by atoms with E-state index in [9.17, 15) is 0 Å². The fourth-order valence-corrected chi connectivity index (χ4v) is 2.25. The third-order valence-corrected chi connectivity index (χ3v) is 3.55. The van der Waals surface area contributed by atoms with Crippen LogP contribution in [0.3, 0.4) is 0 Å². The lowest BCUT2D eigenvalue weighted by Crippen LogP contribution is -2.24. The molecule has 13 nitrogen and oxygen atoms in total. The molecule has 0 fully saturated rings. The van der Waals surface area contributed by atoms with Crippen molar-refractivity contribution in [3.05, 3.63) is 56.2 Å². The summed E-state index contributed by atoms with van der Waals surface area (Å²) in [6.07, 6.45) is 17.4. The van der Waals surface area contributed by atoms with Gasteiger partial charge in [-0.1, -0.05) is 0 Å². The second-order valence-corrected chi connectivity index (χ2v) is 7.46. The number of aryl methyl sites for hydroxylation is 3. The van der Waals surface area contributed by atoms with Gasteiger partial charge >= 0.3 is 0 Å². The zero-order valence-corrected chi connectivity index (χ0v) is 19.4. The minimum absolute atomic E-state index is 0.203. The van der Waals surface area contributed by atoms with Gasteiger partial charge in [-0.25, -0.2) is 27.4 Å². The fourth-order valence-electron chi connectivity index (χ4n) is 2.25. The first kappa shape index (κ1) is 29.6. The summed E-state index contributed by atoms with van der Waals surface area (Å²) in [6.45, 7) is 2.65. The van der Waals surface area contributed by atoms with Crippen molar-refractivity contribution < 1.29 is 48.3 Å². The van der Waals surface area contributed by atoms with E-state index in [0.29, 0.717) is 19.6 Å². The van der Waals surface area contributed by atoms with Crippen molar-refractivity contribution in [2.24, 2.45) is 21.1 Å². The van der Waals surface area contributed by atoms with E-state index in [1.807, 2.05) is 105 Å². The third kappa shape index (κ3) is 17.3. The highest BCUT2D eigenvalue weighted by atomic mass is 31.2. The lowest BCUT2D eigenvalue weighted by Gasteiger charge is -2.36. The van der Waals surface area contributed by atoms with E-state index in [4.69, 9.17) is 34.6 Å². The van der Waals surface area contributed by atoms with Crippen molar-refractivity contribution in [2.75, 3.05) is 19.8 Å². The van der Waals surface area contributed by atoms with Gasteiger partial charge in [0.05, 0.1) is 41.0 Å². The van der Waals surface area contributed by atoms with Gasteiger partial charge in [0.15, 0.2) is 0 Å². The Morgan fingerprint density at radius 1 is 0.656 bits per heavy atom. The van der Waals surface area contributed by atoms with E-state index < -0.39 is 7.82 Å². The second-order valence-electron chi connectivity index (χ2n) is 6.57. The molecule has 0 aliphatic rings. The van der Waals surface area contributed by atoms with Crippen LogP contribution >= 0.6 is 7.82 Å². The van der Waals surface area contributed by atoms with Gasteiger partial charge in [0.1, 0.15) is 56.8 Å². The van der Waals surface area contributed by atoms with Gasteiger partial charge < -0.3 is 34.6 Å². The molecule has 14 heteroatoms. The van der Waals surface area contributed by atoms with E-state index in [1.54, 1.807) is 0 Å². The van der Waals surface area contributed by atoms with Crippen molar-refractivity contribution in [3.8, 4) is 0 Å². The minimum Gasteiger partial charge on any atom is -0.822 e. The molecule has 0 saturated heterocycles. The van der Waals surface area contributed by atoms with E-state index in [0.717, 1.165) is 0 Å². The molecule has 0 unspecified atom stereocenters. The summed E-state index contributed by atoms with van der Waals surface area (Å²) in [5, 5.41) is 25.5. The Morgan fingerprint density at radius 2 is 0.875 bits per heavy atom. The first-order valence-electron chi connectivity index (χ1n) is 9.57. The molecule has 0 radical (unpaired) electrons. The summed E-state index contributed by atoms with van der Waals surface area (Å²) in [5.41, 5.74) is 0. The Kier molecular flexibility index (Phi) is 15.1. The molecular weight excluding hydrogens is 443 g/mol. The second kappa shape index (κ2) is 16.3. The Hall–Kier alpha value is -2.38. The van der Waals surface area contributed by atoms with Crippen LogP contribution in [0, 0.1) is 0 Å². The molecule has 0 aliphatic carbocycles. The molecule has 3 aromatic rings. The van der Waals surface area contributed by atoms with E-state index in [1.165, 1.54) is 0 Å². The number of hydrogen-bond donors (Lipinski definition) is 3. The summed E-state index contributed by atoms with van der Waals surface area (Å²) < 4.78 is 20.2. The normalized spacial score (nSPS) is 10.3. The smallest absolute Gasteiger partial charge is 0.243 e. The van der Waals surface area contributed by atoms with Crippen LogP contribution in [-0.2, 0) is 45.3 Å². The number of aliphatic hydroxyl groups excluding tert-OH is 3. The van der Waals surface area contributed by atoms with Gasteiger partial charge in [0.25, 0.3) is 0 Å². The molecule has 32 heavy (non-hydrogen) atoms. The average molecular weight is 476 g/mol. The van der Waals surface area contributed by atoms with Gasteiger partial charge in [-0.15, -0.1) is 0 Å². The third-order valence-electron chi connectivity index (χ3n) is 3.55. The molecule has 0 aromatic carbocycles. The maximum absolute atomic E-state index is 8.55. The molecule has 3 aromatic heterocycles. The monoisotopic (exact) mass is 476 g/mol. The lowest BCUT2D eigenvalue weighted by molar-refractivity contribution is -0.671. The maximum Gasteiger partial charge on any atom is 0.243 e. The fraction of sp³-hybridized carbons (Fsp3) is 0.500. The number of aromatic nitrogens is 6. The van der Waals surface area contributed by atoms with E-state index in [2.05, 4.69) is 0 Å². The van der Waals surface area contributed by atoms with Crippen LogP contribution in [0.5, 0.6) is 0 Å². The molecule has 182 valence electrons. The number of nitrogens with zero attached hydrogens (tertiary/aromatic N) is 6. The van der Waals surface area contributed by atoms with Crippen LogP contribution < -0.4 is 28.4 Å². The van der Waals surface area contributed by atoms with Crippen LogP contribution in [0.25, 0.3) is 0 Å². The zero-order chi connectivity index (χ0) is 24.6. The minimum atomic E-state index is -5.39.